The number of carbonyl (C=O) groups is 1. The van der Waals surface area contributed by atoms with Gasteiger partial charge in [0.2, 0.25) is 5.91 Å². The third kappa shape index (κ3) is 2.91. The summed E-state index contributed by atoms with van der Waals surface area (Å²) in [5.74, 6) is -0.950. The maximum Gasteiger partial charge on any atom is 0.228 e. The highest BCUT2D eigenvalue weighted by atomic mass is 19.1. The minimum absolute atomic E-state index is 0.112. The first-order chi connectivity index (χ1) is 10.1. The van der Waals surface area contributed by atoms with Gasteiger partial charge in [-0.2, -0.15) is 0 Å². The van der Waals surface area contributed by atoms with E-state index >= 15 is 0 Å². The van der Waals surface area contributed by atoms with Gasteiger partial charge in [0.15, 0.2) is 0 Å². The topological polar surface area (TPSA) is 44.9 Å². The number of aromatic amines is 1. The van der Waals surface area contributed by atoms with Crippen molar-refractivity contribution in [2.75, 3.05) is 5.32 Å². The molecule has 2 aromatic carbocycles. The molecule has 3 rings (SSSR count). The number of carbonyl (C=O) groups excluding carboxylic acids is 1. The number of fused-ring (bicyclic) bond motifs is 1. The second-order valence-electron chi connectivity index (χ2n) is 4.74. The van der Waals surface area contributed by atoms with E-state index < -0.39 is 0 Å². The number of halogens is 2. The molecular formula is C16H12F2N2O. The SMILES string of the molecule is O=C(Cc1c[nH]c2ccc(F)cc12)Nc1ccc(F)cc1. The standard InChI is InChI=1S/C16H12F2N2O/c17-11-1-4-13(5-2-11)20-16(21)7-10-9-19-15-6-3-12(18)8-14(10)15/h1-6,8-9,19H,7H2,(H,20,21). The average molecular weight is 286 g/mol. The Labute approximate surface area is 119 Å². The highest BCUT2D eigenvalue weighted by Crippen LogP contribution is 2.20. The molecule has 21 heavy (non-hydrogen) atoms. The van der Waals surface area contributed by atoms with E-state index in [1.54, 1.807) is 12.3 Å². The van der Waals surface area contributed by atoms with Gasteiger partial charge in [-0.05, 0) is 48.0 Å². The number of benzene rings is 2. The molecule has 0 saturated carbocycles. The molecule has 3 aromatic rings. The third-order valence-corrected chi connectivity index (χ3v) is 3.21. The van der Waals surface area contributed by atoms with Crippen LogP contribution in [0.25, 0.3) is 10.9 Å². The molecule has 0 aliphatic carbocycles. The van der Waals surface area contributed by atoms with Crippen LogP contribution < -0.4 is 5.32 Å². The molecule has 3 nitrogen and oxygen atoms in total. The molecule has 0 bridgehead atoms. The summed E-state index contributed by atoms with van der Waals surface area (Å²) in [7, 11) is 0. The lowest BCUT2D eigenvalue weighted by molar-refractivity contribution is -0.115. The molecule has 0 aliphatic heterocycles. The van der Waals surface area contributed by atoms with Crippen LogP contribution in [0.15, 0.2) is 48.7 Å². The van der Waals surface area contributed by atoms with Gasteiger partial charge < -0.3 is 10.3 Å². The van der Waals surface area contributed by atoms with Crippen molar-refractivity contribution in [3.8, 4) is 0 Å². The van der Waals surface area contributed by atoms with Gasteiger partial charge in [0.1, 0.15) is 11.6 Å². The smallest absolute Gasteiger partial charge is 0.228 e. The van der Waals surface area contributed by atoms with Gasteiger partial charge in [-0.3, -0.25) is 4.79 Å². The third-order valence-electron chi connectivity index (χ3n) is 3.21. The zero-order valence-corrected chi connectivity index (χ0v) is 11.0. The lowest BCUT2D eigenvalue weighted by atomic mass is 10.1. The molecule has 1 amide bonds. The quantitative estimate of drug-likeness (QED) is 0.758. The molecule has 0 unspecified atom stereocenters. The van der Waals surface area contributed by atoms with E-state index in [-0.39, 0.29) is 24.0 Å². The van der Waals surface area contributed by atoms with Crippen molar-refractivity contribution >= 4 is 22.5 Å². The Morgan fingerprint density at radius 1 is 1.05 bits per heavy atom. The Kier molecular flexibility index (Phi) is 3.39. The van der Waals surface area contributed by atoms with Crippen LogP contribution in [0.3, 0.4) is 0 Å². The van der Waals surface area contributed by atoms with Gasteiger partial charge >= 0.3 is 0 Å². The Morgan fingerprint density at radius 2 is 1.76 bits per heavy atom. The van der Waals surface area contributed by atoms with Gasteiger partial charge in [-0.15, -0.1) is 0 Å². The number of H-pyrrole nitrogens is 1. The number of aromatic nitrogens is 1. The van der Waals surface area contributed by atoms with Crippen LogP contribution in [0.4, 0.5) is 14.5 Å². The van der Waals surface area contributed by atoms with Gasteiger partial charge in [-0.25, -0.2) is 8.78 Å². The fourth-order valence-electron chi connectivity index (χ4n) is 2.21. The van der Waals surface area contributed by atoms with Crippen LogP contribution in [-0.2, 0) is 11.2 Å². The van der Waals surface area contributed by atoms with Crippen LogP contribution in [0.2, 0.25) is 0 Å². The van der Waals surface area contributed by atoms with Crippen molar-refractivity contribution in [2.45, 2.75) is 6.42 Å². The van der Waals surface area contributed by atoms with Gasteiger partial charge in [-0.1, -0.05) is 0 Å². The predicted molar refractivity (Wildman–Crippen MR) is 77.0 cm³/mol. The monoisotopic (exact) mass is 286 g/mol. The predicted octanol–water partition coefficient (Wildman–Crippen LogP) is 3.63. The Bertz CT molecular complexity index is 794. The van der Waals surface area contributed by atoms with E-state index in [1.807, 2.05) is 0 Å². The molecular weight excluding hydrogens is 274 g/mol. The normalized spacial score (nSPS) is 10.8. The number of hydrogen-bond acceptors (Lipinski definition) is 1. The summed E-state index contributed by atoms with van der Waals surface area (Å²) < 4.78 is 26.1. The van der Waals surface area contributed by atoms with Crippen LogP contribution in [0.1, 0.15) is 5.56 Å². The minimum Gasteiger partial charge on any atom is -0.361 e. The molecule has 0 radical (unpaired) electrons. The first-order valence-electron chi connectivity index (χ1n) is 6.43. The molecule has 106 valence electrons. The summed E-state index contributed by atoms with van der Waals surface area (Å²) in [5, 5.41) is 3.36. The number of rotatable bonds is 3. The van der Waals surface area contributed by atoms with Crippen molar-refractivity contribution in [3.05, 3.63) is 65.9 Å². The van der Waals surface area contributed by atoms with E-state index in [1.165, 1.54) is 36.4 Å². The molecule has 0 saturated heterocycles. The highest BCUT2D eigenvalue weighted by Gasteiger charge is 2.10. The van der Waals surface area contributed by atoms with E-state index in [9.17, 15) is 13.6 Å². The Hall–Kier alpha value is -2.69. The zero-order valence-electron chi connectivity index (χ0n) is 11.0. The van der Waals surface area contributed by atoms with Crippen LogP contribution in [0, 0.1) is 11.6 Å². The summed E-state index contributed by atoms with van der Waals surface area (Å²) in [6.45, 7) is 0. The summed E-state index contributed by atoms with van der Waals surface area (Å²) in [6.07, 6.45) is 1.80. The van der Waals surface area contributed by atoms with Crippen molar-refractivity contribution in [3.63, 3.8) is 0 Å². The summed E-state index contributed by atoms with van der Waals surface area (Å²) in [6, 6.07) is 9.91. The number of anilines is 1. The molecule has 2 N–H and O–H groups in total. The Morgan fingerprint density at radius 3 is 2.52 bits per heavy atom. The Balaban J connectivity index is 1.77. The summed E-state index contributed by atoms with van der Waals surface area (Å²) in [5.41, 5.74) is 2.01. The number of hydrogen-bond donors (Lipinski definition) is 2. The maximum atomic E-state index is 13.3. The molecule has 0 fully saturated rings. The van der Waals surface area contributed by atoms with E-state index in [0.717, 1.165) is 5.52 Å². The van der Waals surface area contributed by atoms with Crippen molar-refractivity contribution < 1.29 is 13.6 Å². The maximum absolute atomic E-state index is 13.3. The highest BCUT2D eigenvalue weighted by molar-refractivity contribution is 5.95. The van der Waals surface area contributed by atoms with E-state index in [2.05, 4.69) is 10.3 Å². The second kappa shape index (κ2) is 5.36. The molecule has 1 aromatic heterocycles. The number of amides is 1. The summed E-state index contributed by atoms with van der Waals surface area (Å²) in [4.78, 5) is 15.0. The van der Waals surface area contributed by atoms with Crippen LogP contribution in [-0.4, -0.2) is 10.9 Å². The fourth-order valence-corrected chi connectivity index (χ4v) is 2.21. The molecule has 0 spiro atoms. The van der Waals surface area contributed by atoms with Crippen LogP contribution >= 0.6 is 0 Å². The lowest BCUT2D eigenvalue weighted by Gasteiger charge is -2.04. The zero-order chi connectivity index (χ0) is 14.8. The van der Waals surface area contributed by atoms with Crippen LogP contribution in [0.5, 0.6) is 0 Å². The summed E-state index contributed by atoms with van der Waals surface area (Å²) >= 11 is 0. The number of nitrogens with one attached hydrogen (secondary N) is 2. The van der Waals surface area contributed by atoms with Crippen molar-refractivity contribution in [1.29, 1.82) is 0 Å². The lowest BCUT2D eigenvalue weighted by Crippen LogP contribution is -2.14. The van der Waals surface area contributed by atoms with E-state index in [4.69, 9.17) is 0 Å². The van der Waals surface area contributed by atoms with E-state index in [0.29, 0.717) is 16.6 Å². The average Bonchev–Trinajstić information content (AvgIpc) is 2.84. The molecule has 0 atom stereocenters. The molecule has 0 aliphatic rings. The first-order valence-corrected chi connectivity index (χ1v) is 6.43. The minimum atomic E-state index is -0.361. The first kappa shape index (κ1) is 13.3. The van der Waals surface area contributed by atoms with Crippen molar-refractivity contribution in [2.24, 2.45) is 0 Å². The van der Waals surface area contributed by atoms with Crippen molar-refractivity contribution in [1.82, 2.24) is 4.98 Å². The van der Waals surface area contributed by atoms with Gasteiger partial charge in [0.25, 0.3) is 0 Å². The largest absolute Gasteiger partial charge is 0.361 e. The van der Waals surface area contributed by atoms with Gasteiger partial charge in [0, 0.05) is 22.8 Å². The fraction of sp³-hybridized carbons (Fsp3) is 0.0625. The molecule has 1 heterocycles. The molecule has 5 heteroatoms. The second-order valence-corrected chi connectivity index (χ2v) is 4.74. The van der Waals surface area contributed by atoms with Gasteiger partial charge in [0.05, 0.1) is 6.42 Å².